The van der Waals surface area contributed by atoms with Crippen molar-refractivity contribution in [2.45, 2.75) is 19.9 Å². The minimum atomic E-state index is -0.619. The Hall–Kier alpha value is -3.42. The van der Waals surface area contributed by atoms with E-state index in [1.165, 1.54) is 25.1 Å². The molecular weight excluding hydrogens is 324 g/mol. The van der Waals surface area contributed by atoms with Gasteiger partial charge in [0.05, 0.1) is 4.92 Å². The van der Waals surface area contributed by atoms with Gasteiger partial charge in [0.1, 0.15) is 11.7 Å². The van der Waals surface area contributed by atoms with E-state index in [9.17, 15) is 19.7 Å². The molecule has 0 heterocycles. The molecule has 0 aliphatic carbocycles. The molecule has 2 amide bonds. The molecule has 3 N–H and O–H groups in total. The lowest BCUT2D eigenvalue weighted by Gasteiger charge is -2.15. The van der Waals surface area contributed by atoms with Crippen LogP contribution in [0.1, 0.15) is 13.8 Å². The van der Waals surface area contributed by atoms with Gasteiger partial charge in [-0.05, 0) is 37.3 Å². The molecule has 1 atom stereocenters. The summed E-state index contributed by atoms with van der Waals surface area (Å²) in [5.74, 6) is -0.571. The van der Waals surface area contributed by atoms with Crippen molar-refractivity contribution in [1.29, 1.82) is 0 Å². The summed E-state index contributed by atoms with van der Waals surface area (Å²) in [5.41, 5.74) is 1.31. The highest BCUT2D eigenvalue weighted by Gasteiger charge is 2.18. The molecule has 8 nitrogen and oxygen atoms in total. The average Bonchev–Trinajstić information content (AvgIpc) is 2.56. The molecule has 0 fully saturated rings. The van der Waals surface area contributed by atoms with Gasteiger partial charge in [0.15, 0.2) is 0 Å². The summed E-state index contributed by atoms with van der Waals surface area (Å²) in [4.78, 5) is 33.7. The smallest absolute Gasteiger partial charge is 0.292 e. The fourth-order valence-corrected chi connectivity index (χ4v) is 2.15. The Morgan fingerprint density at radius 3 is 2.20 bits per heavy atom. The van der Waals surface area contributed by atoms with Gasteiger partial charge in [-0.1, -0.05) is 12.1 Å². The molecule has 0 saturated heterocycles. The Morgan fingerprint density at radius 2 is 1.60 bits per heavy atom. The lowest BCUT2D eigenvalue weighted by Crippen LogP contribution is -2.32. The van der Waals surface area contributed by atoms with Gasteiger partial charge < -0.3 is 16.0 Å². The van der Waals surface area contributed by atoms with E-state index in [1.54, 1.807) is 37.3 Å². The van der Waals surface area contributed by atoms with Gasteiger partial charge >= 0.3 is 0 Å². The second kappa shape index (κ2) is 7.91. The van der Waals surface area contributed by atoms with Crippen molar-refractivity contribution in [3.63, 3.8) is 0 Å². The second-order valence-electron chi connectivity index (χ2n) is 5.39. The standard InChI is InChI=1S/C17H18N4O4/c1-11(18-13-7-9-14(10-8-13)19-12(2)22)17(23)20-15-5-3-4-6-16(15)21(24)25/h3-11,18H,1-2H3,(H,19,22)(H,20,23)/t11-/m1/s1. The van der Waals surface area contributed by atoms with Gasteiger partial charge in [-0.15, -0.1) is 0 Å². The van der Waals surface area contributed by atoms with Crippen molar-refractivity contribution >= 4 is 34.6 Å². The quantitative estimate of drug-likeness (QED) is 0.552. The first-order chi connectivity index (χ1) is 11.9. The number of rotatable bonds is 6. The SMILES string of the molecule is CC(=O)Nc1ccc(N[C@H](C)C(=O)Nc2ccccc2[N+](=O)[O-])cc1. The van der Waals surface area contributed by atoms with E-state index in [4.69, 9.17) is 0 Å². The molecule has 2 aromatic rings. The molecule has 0 bridgehead atoms. The van der Waals surface area contributed by atoms with Crippen molar-refractivity contribution in [3.05, 3.63) is 58.6 Å². The summed E-state index contributed by atoms with van der Waals surface area (Å²) in [6, 6.07) is 12.2. The van der Waals surface area contributed by atoms with Gasteiger partial charge in [0.25, 0.3) is 5.69 Å². The summed E-state index contributed by atoms with van der Waals surface area (Å²) in [6.07, 6.45) is 0. The monoisotopic (exact) mass is 342 g/mol. The third-order valence-corrected chi connectivity index (χ3v) is 3.34. The van der Waals surface area contributed by atoms with Crippen molar-refractivity contribution in [3.8, 4) is 0 Å². The van der Waals surface area contributed by atoms with Crippen LogP contribution in [-0.4, -0.2) is 22.8 Å². The first-order valence-electron chi connectivity index (χ1n) is 7.55. The topological polar surface area (TPSA) is 113 Å². The molecule has 0 spiro atoms. The Morgan fingerprint density at radius 1 is 1.00 bits per heavy atom. The van der Waals surface area contributed by atoms with Crippen LogP contribution in [-0.2, 0) is 9.59 Å². The van der Waals surface area contributed by atoms with Gasteiger partial charge in [0.2, 0.25) is 11.8 Å². The lowest BCUT2D eigenvalue weighted by molar-refractivity contribution is -0.383. The highest BCUT2D eigenvalue weighted by molar-refractivity contribution is 5.98. The van der Waals surface area contributed by atoms with E-state index in [-0.39, 0.29) is 17.3 Å². The molecule has 0 aliphatic heterocycles. The number of para-hydroxylation sites is 2. The summed E-state index contributed by atoms with van der Waals surface area (Å²) < 4.78 is 0. The molecule has 0 unspecified atom stereocenters. The van der Waals surface area contributed by atoms with E-state index in [1.807, 2.05) is 0 Å². The van der Waals surface area contributed by atoms with Crippen LogP contribution in [0.2, 0.25) is 0 Å². The lowest BCUT2D eigenvalue weighted by atomic mass is 10.2. The van der Waals surface area contributed by atoms with E-state index in [2.05, 4.69) is 16.0 Å². The van der Waals surface area contributed by atoms with Crippen molar-refractivity contribution in [2.24, 2.45) is 0 Å². The molecule has 0 aliphatic rings. The van der Waals surface area contributed by atoms with Crippen LogP contribution in [0.25, 0.3) is 0 Å². The third-order valence-electron chi connectivity index (χ3n) is 3.34. The highest BCUT2D eigenvalue weighted by atomic mass is 16.6. The number of amides is 2. The zero-order valence-corrected chi connectivity index (χ0v) is 13.8. The van der Waals surface area contributed by atoms with Gasteiger partial charge in [0, 0.05) is 24.4 Å². The molecule has 2 aromatic carbocycles. The minimum Gasteiger partial charge on any atom is -0.374 e. The van der Waals surface area contributed by atoms with E-state index in [0.717, 1.165) is 0 Å². The van der Waals surface area contributed by atoms with Gasteiger partial charge in [-0.2, -0.15) is 0 Å². The van der Waals surface area contributed by atoms with Crippen LogP contribution in [0.5, 0.6) is 0 Å². The van der Waals surface area contributed by atoms with Crippen LogP contribution in [0.15, 0.2) is 48.5 Å². The number of anilines is 3. The number of nitrogens with one attached hydrogen (secondary N) is 3. The molecule has 8 heteroatoms. The fraction of sp³-hybridized carbons (Fsp3) is 0.176. The molecule has 25 heavy (non-hydrogen) atoms. The minimum absolute atomic E-state index is 0.146. The van der Waals surface area contributed by atoms with E-state index >= 15 is 0 Å². The molecule has 2 rings (SSSR count). The second-order valence-corrected chi connectivity index (χ2v) is 5.39. The summed E-state index contributed by atoms with van der Waals surface area (Å²) >= 11 is 0. The summed E-state index contributed by atoms with van der Waals surface area (Å²) in [7, 11) is 0. The zero-order valence-electron chi connectivity index (χ0n) is 13.8. The number of nitrogens with zero attached hydrogens (tertiary/aromatic N) is 1. The Bertz CT molecular complexity index is 789. The number of hydrogen-bond acceptors (Lipinski definition) is 5. The first-order valence-corrected chi connectivity index (χ1v) is 7.55. The number of benzene rings is 2. The third kappa shape index (κ3) is 5.03. The van der Waals surface area contributed by atoms with Crippen molar-refractivity contribution in [2.75, 3.05) is 16.0 Å². The molecule has 0 aromatic heterocycles. The molecular formula is C17H18N4O4. The summed E-state index contributed by atoms with van der Waals surface area (Å²) in [6.45, 7) is 3.06. The Balaban J connectivity index is 2.01. The fourth-order valence-electron chi connectivity index (χ4n) is 2.15. The molecule has 0 saturated carbocycles. The largest absolute Gasteiger partial charge is 0.374 e. The maximum Gasteiger partial charge on any atom is 0.292 e. The maximum atomic E-state index is 12.3. The number of nitro groups is 1. The van der Waals surface area contributed by atoms with Crippen LogP contribution < -0.4 is 16.0 Å². The molecule has 130 valence electrons. The Labute approximate surface area is 144 Å². The van der Waals surface area contributed by atoms with Crippen molar-refractivity contribution in [1.82, 2.24) is 0 Å². The van der Waals surface area contributed by atoms with E-state index < -0.39 is 16.9 Å². The molecule has 0 radical (unpaired) electrons. The summed E-state index contributed by atoms with van der Waals surface area (Å²) in [5, 5.41) is 19.2. The number of carbonyl (C=O) groups excluding carboxylic acids is 2. The van der Waals surface area contributed by atoms with Gasteiger partial charge in [-0.3, -0.25) is 19.7 Å². The highest BCUT2D eigenvalue weighted by Crippen LogP contribution is 2.23. The number of hydrogen-bond donors (Lipinski definition) is 3. The normalized spacial score (nSPS) is 11.3. The van der Waals surface area contributed by atoms with Crippen molar-refractivity contribution < 1.29 is 14.5 Å². The van der Waals surface area contributed by atoms with Crippen LogP contribution in [0.4, 0.5) is 22.7 Å². The van der Waals surface area contributed by atoms with E-state index in [0.29, 0.717) is 11.4 Å². The number of nitro benzene ring substituents is 1. The van der Waals surface area contributed by atoms with Crippen LogP contribution >= 0.6 is 0 Å². The zero-order chi connectivity index (χ0) is 18.4. The van der Waals surface area contributed by atoms with Crippen LogP contribution in [0, 0.1) is 10.1 Å². The predicted molar refractivity (Wildman–Crippen MR) is 95.6 cm³/mol. The Kier molecular flexibility index (Phi) is 5.67. The first kappa shape index (κ1) is 17.9. The van der Waals surface area contributed by atoms with Gasteiger partial charge in [-0.25, -0.2) is 0 Å². The predicted octanol–water partition coefficient (Wildman–Crippen LogP) is 2.99. The average molecular weight is 342 g/mol. The maximum absolute atomic E-state index is 12.3. The van der Waals surface area contributed by atoms with Crippen LogP contribution in [0.3, 0.4) is 0 Å². The number of carbonyl (C=O) groups is 2.